The van der Waals surface area contributed by atoms with E-state index in [0.717, 1.165) is 0 Å². The molecule has 3 rings (SSSR count). The fourth-order valence-electron chi connectivity index (χ4n) is 2.20. The van der Waals surface area contributed by atoms with Crippen molar-refractivity contribution < 1.29 is 14.5 Å². The van der Waals surface area contributed by atoms with E-state index in [-0.39, 0.29) is 17.3 Å². The summed E-state index contributed by atoms with van der Waals surface area (Å²) in [5, 5.41) is 16.2. The molecule has 1 aromatic carbocycles. The van der Waals surface area contributed by atoms with Crippen molar-refractivity contribution in [3.63, 3.8) is 0 Å². The van der Waals surface area contributed by atoms with Crippen LogP contribution >= 0.6 is 22.9 Å². The van der Waals surface area contributed by atoms with Crippen LogP contribution in [-0.4, -0.2) is 27.5 Å². The molecule has 0 spiro atoms. The van der Waals surface area contributed by atoms with Crippen LogP contribution in [0.2, 0.25) is 5.02 Å². The molecule has 8 nitrogen and oxygen atoms in total. The van der Waals surface area contributed by atoms with Crippen LogP contribution in [0.15, 0.2) is 29.9 Å². The molecule has 0 unspecified atom stereocenters. The Bertz CT molecular complexity index is 975. The monoisotopic (exact) mass is 378 g/mol. The second kappa shape index (κ2) is 6.99. The minimum absolute atomic E-state index is 0.0335. The number of ether oxygens (including phenoxy) is 1. The van der Waals surface area contributed by atoms with E-state index in [1.807, 2.05) is 0 Å². The predicted molar refractivity (Wildman–Crippen MR) is 94.8 cm³/mol. The van der Waals surface area contributed by atoms with E-state index in [4.69, 9.17) is 16.3 Å². The molecule has 10 heteroatoms. The lowest BCUT2D eigenvalue weighted by molar-refractivity contribution is -0.384. The Morgan fingerprint density at radius 1 is 1.44 bits per heavy atom. The second-order valence-electron chi connectivity index (χ2n) is 4.82. The number of nitrogens with one attached hydrogen (secondary N) is 1. The Morgan fingerprint density at radius 3 is 2.96 bits per heavy atom. The van der Waals surface area contributed by atoms with Gasteiger partial charge in [-0.2, -0.15) is 0 Å². The number of carbonyl (C=O) groups is 1. The Hall–Kier alpha value is -2.78. The Labute approximate surface area is 150 Å². The molecule has 2 aromatic heterocycles. The van der Waals surface area contributed by atoms with Crippen molar-refractivity contribution in [3.05, 3.63) is 50.6 Å². The van der Waals surface area contributed by atoms with E-state index in [1.54, 1.807) is 18.4 Å². The summed E-state index contributed by atoms with van der Waals surface area (Å²) in [6.45, 7) is 1.96. The third-order valence-electron chi connectivity index (χ3n) is 3.27. The molecule has 25 heavy (non-hydrogen) atoms. The Balaban J connectivity index is 2.05. The molecule has 0 saturated heterocycles. The molecule has 0 radical (unpaired) electrons. The lowest BCUT2D eigenvalue weighted by Gasteiger charge is -2.08. The first-order valence-electron chi connectivity index (χ1n) is 7.11. The van der Waals surface area contributed by atoms with E-state index < -0.39 is 10.9 Å². The first-order valence-corrected chi connectivity index (χ1v) is 8.37. The maximum atomic E-state index is 12.1. The topological polar surface area (TPSA) is 107 Å². The van der Waals surface area contributed by atoms with Crippen LogP contribution in [0.25, 0.3) is 10.2 Å². The molecule has 2 heterocycles. The van der Waals surface area contributed by atoms with Gasteiger partial charge in [0.25, 0.3) is 5.69 Å². The number of carbonyl (C=O) groups excluding carboxylic acids is 1. The highest BCUT2D eigenvalue weighted by atomic mass is 35.5. The van der Waals surface area contributed by atoms with Crippen molar-refractivity contribution in [3.8, 4) is 0 Å². The minimum atomic E-state index is -0.572. The number of hydrogen-bond acceptors (Lipinski definition) is 8. The summed E-state index contributed by atoms with van der Waals surface area (Å²) in [6, 6.07) is 4.30. The fourth-order valence-corrected chi connectivity index (χ4v) is 3.26. The van der Waals surface area contributed by atoms with E-state index in [2.05, 4.69) is 15.3 Å². The van der Waals surface area contributed by atoms with Gasteiger partial charge in [-0.25, -0.2) is 14.8 Å². The SMILES string of the molecule is CCOC(=O)c1csc2ncnc(Nc3ccc(Cl)c([N+](=O)[O-])c3)c12. The number of rotatable bonds is 5. The zero-order valence-electron chi connectivity index (χ0n) is 12.9. The maximum absolute atomic E-state index is 12.1. The third-order valence-corrected chi connectivity index (χ3v) is 4.48. The minimum Gasteiger partial charge on any atom is -0.462 e. The molecule has 0 fully saturated rings. The third kappa shape index (κ3) is 3.37. The van der Waals surface area contributed by atoms with Crippen LogP contribution in [0.1, 0.15) is 17.3 Å². The van der Waals surface area contributed by atoms with Crippen LogP contribution in [0.5, 0.6) is 0 Å². The number of benzene rings is 1. The Morgan fingerprint density at radius 2 is 2.24 bits per heavy atom. The van der Waals surface area contributed by atoms with Crippen LogP contribution in [0.3, 0.4) is 0 Å². The molecule has 0 aliphatic carbocycles. The van der Waals surface area contributed by atoms with Crippen molar-refractivity contribution in [2.24, 2.45) is 0 Å². The fraction of sp³-hybridized carbons (Fsp3) is 0.133. The van der Waals surface area contributed by atoms with Crippen LogP contribution in [-0.2, 0) is 4.74 Å². The summed E-state index contributed by atoms with van der Waals surface area (Å²) < 4.78 is 5.04. The van der Waals surface area contributed by atoms with E-state index >= 15 is 0 Å². The summed E-state index contributed by atoms with van der Waals surface area (Å²) in [6.07, 6.45) is 1.35. The van der Waals surface area contributed by atoms with Gasteiger partial charge < -0.3 is 10.1 Å². The first kappa shape index (κ1) is 17.1. The molecule has 0 aliphatic rings. The summed E-state index contributed by atoms with van der Waals surface area (Å²) in [5.74, 6) is -0.125. The number of esters is 1. The zero-order chi connectivity index (χ0) is 18.0. The number of hydrogen-bond donors (Lipinski definition) is 1. The normalized spacial score (nSPS) is 10.6. The van der Waals surface area contributed by atoms with Gasteiger partial charge in [-0.05, 0) is 19.1 Å². The molecule has 128 valence electrons. The predicted octanol–water partition coefficient (Wildman–Crippen LogP) is 4.17. The maximum Gasteiger partial charge on any atom is 0.339 e. The van der Waals surface area contributed by atoms with E-state index in [1.165, 1.54) is 29.8 Å². The summed E-state index contributed by atoms with van der Waals surface area (Å²) >= 11 is 7.10. The van der Waals surface area contributed by atoms with Crippen molar-refractivity contribution in [2.75, 3.05) is 11.9 Å². The van der Waals surface area contributed by atoms with Gasteiger partial charge in [0.15, 0.2) is 0 Å². The smallest absolute Gasteiger partial charge is 0.339 e. The number of thiophene rings is 1. The quantitative estimate of drug-likeness (QED) is 0.403. The van der Waals surface area contributed by atoms with Crippen molar-refractivity contribution in [2.45, 2.75) is 6.92 Å². The number of halogens is 1. The van der Waals surface area contributed by atoms with Crippen LogP contribution < -0.4 is 5.32 Å². The number of anilines is 2. The first-order chi connectivity index (χ1) is 12.0. The number of nitrogens with zero attached hydrogens (tertiary/aromatic N) is 3. The van der Waals surface area contributed by atoms with Crippen molar-refractivity contribution in [1.82, 2.24) is 9.97 Å². The molecule has 0 amide bonds. The van der Waals surface area contributed by atoms with Gasteiger partial charge in [-0.1, -0.05) is 11.6 Å². The average molecular weight is 379 g/mol. The molecular formula is C15H11ClN4O4S. The van der Waals surface area contributed by atoms with E-state index in [9.17, 15) is 14.9 Å². The standard InChI is InChI=1S/C15H11ClN4O4S/c1-2-24-15(21)9-6-25-14-12(9)13(17-7-18-14)19-8-3-4-10(16)11(5-8)20(22)23/h3-7H,2H2,1H3,(H,17,18,19). The number of fused-ring (bicyclic) bond motifs is 1. The highest BCUT2D eigenvalue weighted by Gasteiger charge is 2.19. The van der Waals surface area contributed by atoms with E-state index in [0.29, 0.717) is 27.3 Å². The van der Waals surface area contributed by atoms with Crippen LogP contribution in [0.4, 0.5) is 17.2 Å². The molecule has 1 N–H and O–H groups in total. The second-order valence-corrected chi connectivity index (χ2v) is 6.09. The van der Waals surface area contributed by atoms with Crippen molar-refractivity contribution >= 4 is 56.3 Å². The van der Waals surface area contributed by atoms with Crippen LogP contribution in [0, 0.1) is 10.1 Å². The molecule has 0 aliphatic heterocycles. The number of nitro groups is 1. The molecular weight excluding hydrogens is 368 g/mol. The van der Waals surface area contributed by atoms with Gasteiger partial charge >= 0.3 is 5.97 Å². The Kier molecular flexibility index (Phi) is 4.77. The van der Waals surface area contributed by atoms with Crippen molar-refractivity contribution in [1.29, 1.82) is 0 Å². The lowest BCUT2D eigenvalue weighted by Crippen LogP contribution is -2.05. The van der Waals surface area contributed by atoms with Gasteiger partial charge in [-0.3, -0.25) is 10.1 Å². The van der Waals surface area contributed by atoms with Gasteiger partial charge in [-0.15, -0.1) is 11.3 Å². The molecule has 0 saturated carbocycles. The largest absolute Gasteiger partial charge is 0.462 e. The molecule has 0 atom stereocenters. The van der Waals surface area contributed by atoms with Gasteiger partial charge in [0.05, 0.1) is 22.5 Å². The van der Waals surface area contributed by atoms with Gasteiger partial charge in [0.1, 0.15) is 22.0 Å². The number of nitro benzene ring substituents is 1. The highest BCUT2D eigenvalue weighted by Crippen LogP contribution is 2.33. The van der Waals surface area contributed by atoms with Gasteiger partial charge in [0.2, 0.25) is 0 Å². The zero-order valence-corrected chi connectivity index (χ0v) is 14.4. The van der Waals surface area contributed by atoms with Gasteiger partial charge in [0, 0.05) is 17.1 Å². The average Bonchev–Trinajstić information content (AvgIpc) is 3.02. The summed E-state index contributed by atoms with van der Waals surface area (Å²) in [7, 11) is 0. The molecule has 3 aromatic rings. The lowest BCUT2D eigenvalue weighted by atomic mass is 10.2. The summed E-state index contributed by atoms with van der Waals surface area (Å²) in [5.41, 5.74) is 0.526. The summed E-state index contributed by atoms with van der Waals surface area (Å²) in [4.78, 5) is 31.4. The molecule has 0 bridgehead atoms. The highest BCUT2D eigenvalue weighted by molar-refractivity contribution is 7.17. The number of aromatic nitrogens is 2.